The maximum Gasteiger partial charge on any atom is 0.534 e. The zero-order chi connectivity index (χ0) is 58.6. The predicted molar refractivity (Wildman–Crippen MR) is 313 cm³/mol. The van der Waals surface area contributed by atoms with E-state index in [2.05, 4.69) is 88.4 Å². The van der Waals surface area contributed by atoms with Gasteiger partial charge in [0.15, 0.2) is 0 Å². The van der Waals surface area contributed by atoms with Gasteiger partial charge in [-0.1, -0.05) is 31.3 Å². The number of hydrogen-bond donors (Lipinski definition) is 2. The van der Waals surface area contributed by atoms with E-state index < -0.39 is 21.5 Å². The standard InChI is InChI=1S/C18H16N6S.C14H8F3N3O3S.C14H11N3O.C13H9N3O/c1-11(2)17-23-24-18(25-17)22-15-6-5-14-16(21-15)13(7-9-20-14)12-4-3-8-19-10-12;15-14(16,17)24(21,22)23-12-2-1-11-13(20-12)10(5-8-19-11)9-3-6-18-7-4-9;1-18-13-3-2-12-14(17-13)11(6-9-16-12)10-4-7-15-8-5-10;17-12-2-1-11-13(16-12)10(5-8-15-11)9-3-6-14-7-4-9/h3-11H,1-2H3,(H,21,22,24);1-8H;2-9H,1H3;1-8H,(H,16,17). The number of nitrogens with zero attached hydrogens (tertiary/aromatic N) is 13. The Balaban J connectivity index is 0.000000126. The Kier molecular flexibility index (Phi) is 17.1. The first kappa shape index (κ1) is 56.6. The number of ether oxygens (including phenoxy) is 1. The molecule has 0 spiro atoms. The van der Waals surface area contributed by atoms with Gasteiger partial charge in [0.25, 0.3) is 0 Å². The lowest BCUT2D eigenvalue weighted by Gasteiger charge is -2.10. The number of alkyl halides is 3. The Morgan fingerprint density at radius 1 is 0.524 bits per heavy atom. The zero-order valence-corrected chi connectivity index (χ0v) is 46.0. The molecule has 13 aromatic rings. The van der Waals surface area contributed by atoms with E-state index in [-0.39, 0.29) is 11.1 Å². The molecule has 0 atom stereocenters. The third-order valence-electron chi connectivity index (χ3n) is 12.1. The number of pyridine rings is 12. The second kappa shape index (κ2) is 25.4. The molecule has 2 N–H and O–H groups in total. The zero-order valence-electron chi connectivity index (χ0n) is 44.4. The fourth-order valence-electron chi connectivity index (χ4n) is 8.17. The first-order valence-electron chi connectivity index (χ1n) is 25.2. The molecular weight excluding hydrogens is 1120 g/mol. The Labute approximate surface area is 479 Å². The molecule has 13 aromatic heterocycles. The van der Waals surface area contributed by atoms with Crippen LogP contribution in [-0.4, -0.2) is 91.0 Å². The first-order valence-corrected chi connectivity index (χ1v) is 27.5. The van der Waals surface area contributed by atoms with Gasteiger partial charge in [-0.15, -0.1) is 10.2 Å². The molecule has 13 rings (SSSR count). The first-order chi connectivity index (χ1) is 40.7. The van der Waals surface area contributed by atoms with Crippen molar-refractivity contribution >= 4 is 76.5 Å². The molecule has 0 aliphatic rings. The molecule has 0 fully saturated rings. The quantitative estimate of drug-likeness (QED) is 0.0952. The maximum absolute atomic E-state index is 12.4. The molecule has 0 unspecified atom stereocenters. The largest absolute Gasteiger partial charge is 0.534 e. The number of halogens is 3. The van der Waals surface area contributed by atoms with Gasteiger partial charge >= 0.3 is 15.6 Å². The van der Waals surface area contributed by atoms with Crippen LogP contribution in [0.3, 0.4) is 0 Å². The molecule has 13 heterocycles. The number of aromatic amines is 1. The van der Waals surface area contributed by atoms with E-state index in [4.69, 9.17) is 9.72 Å². The van der Waals surface area contributed by atoms with E-state index >= 15 is 0 Å². The van der Waals surface area contributed by atoms with Crippen LogP contribution in [0.1, 0.15) is 24.8 Å². The van der Waals surface area contributed by atoms with Gasteiger partial charge in [-0.25, -0.2) is 15.0 Å². The van der Waals surface area contributed by atoms with Crippen LogP contribution in [0.2, 0.25) is 0 Å². The Bertz CT molecular complexity index is 4580. The summed E-state index contributed by atoms with van der Waals surface area (Å²) in [5.41, 5.74) is 7.13. The van der Waals surface area contributed by atoms with Gasteiger partial charge in [0, 0.05) is 126 Å². The van der Waals surface area contributed by atoms with Crippen molar-refractivity contribution < 1.29 is 30.5 Å². The second-order valence-electron chi connectivity index (χ2n) is 18.0. The monoisotopic (exact) mass is 1160 g/mol. The van der Waals surface area contributed by atoms with Crippen LogP contribution in [0.4, 0.5) is 24.1 Å². The van der Waals surface area contributed by atoms with E-state index in [9.17, 15) is 26.4 Å². The van der Waals surface area contributed by atoms with Crippen LogP contribution in [0.25, 0.3) is 88.6 Å². The molecule has 0 saturated heterocycles. The van der Waals surface area contributed by atoms with Gasteiger partial charge in [-0.05, 0) is 114 Å². The topological polar surface area (TPSA) is 265 Å². The van der Waals surface area contributed by atoms with E-state index in [1.165, 1.54) is 30.7 Å². The fraction of sp³-hybridized carbons (Fsp3) is 0.0847. The number of hydrogen-bond acceptors (Lipinski definition) is 20. The molecule has 84 heavy (non-hydrogen) atoms. The minimum atomic E-state index is -5.79. The van der Waals surface area contributed by atoms with Gasteiger partial charge in [0.2, 0.25) is 22.5 Å². The van der Waals surface area contributed by atoms with Gasteiger partial charge in [0.1, 0.15) is 21.9 Å². The molecule has 0 amide bonds. The second-order valence-corrected chi connectivity index (χ2v) is 20.5. The van der Waals surface area contributed by atoms with Crippen LogP contribution in [0, 0.1) is 0 Å². The molecule has 418 valence electrons. The lowest BCUT2D eigenvalue weighted by atomic mass is 10.1. The van der Waals surface area contributed by atoms with E-state index in [0.717, 1.165) is 88.5 Å². The average Bonchev–Trinajstić information content (AvgIpc) is 4.15. The summed E-state index contributed by atoms with van der Waals surface area (Å²) in [6.07, 6.45) is 20.5. The summed E-state index contributed by atoms with van der Waals surface area (Å²) >= 11 is 1.54. The third-order valence-corrected chi connectivity index (χ3v) is 14.2. The van der Waals surface area contributed by atoms with Crippen molar-refractivity contribution in [3.05, 3.63) is 211 Å². The van der Waals surface area contributed by atoms with Crippen molar-refractivity contribution in [1.29, 1.82) is 0 Å². The number of anilines is 2. The smallest absolute Gasteiger partial charge is 0.481 e. The predicted octanol–water partition coefficient (Wildman–Crippen LogP) is 12.0. The normalized spacial score (nSPS) is 11.2. The third kappa shape index (κ3) is 13.4. The summed E-state index contributed by atoms with van der Waals surface area (Å²) < 4.78 is 68.7. The summed E-state index contributed by atoms with van der Waals surface area (Å²) in [6.45, 7) is 4.20. The van der Waals surface area contributed by atoms with Gasteiger partial charge in [0.05, 0.1) is 40.2 Å². The van der Waals surface area contributed by atoms with Gasteiger partial charge in [-0.3, -0.25) is 44.7 Å². The highest BCUT2D eigenvalue weighted by Gasteiger charge is 2.49. The highest BCUT2D eigenvalue weighted by molar-refractivity contribution is 7.88. The van der Waals surface area contributed by atoms with Crippen molar-refractivity contribution in [3.8, 4) is 56.3 Å². The molecule has 20 nitrogen and oxygen atoms in total. The van der Waals surface area contributed by atoms with Crippen LogP contribution >= 0.6 is 11.3 Å². The SMILES string of the molecule is CC(C)c1nnc(Nc2ccc3nccc(-c4cccnc4)c3n2)s1.COc1ccc2nccc(-c3ccncc3)c2n1.O=S(=O)(Oc1ccc2nccc(-c3ccncc3)c2n1)C(F)(F)F.O=c1ccc2nccc(-c3ccncc3)c2[nH]1. The van der Waals surface area contributed by atoms with Crippen LogP contribution < -0.4 is 19.8 Å². The average molecular weight is 1160 g/mol. The maximum atomic E-state index is 12.4. The minimum Gasteiger partial charge on any atom is -0.481 e. The van der Waals surface area contributed by atoms with Crippen molar-refractivity contribution in [2.24, 2.45) is 0 Å². The molecule has 0 saturated carbocycles. The molecule has 25 heteroatoms. The number of nitrogens with one attached hydrogen (secondary N) is 2. The van der Waals surface area contributed by atoms with E-state index in [1.807, 2.05) is 85.1 Å². The van der Waals surface area contributed by atoms with E-state index in [0.29, 0.717) is 28.4 Å². The lowest BCUT2D eigenvalue weighted by molar-refractivity contribution is -0.0501. The van der Waals surface area contributed by atoms with Crippen molar-refractivity contribution in [1.82, 2.24) is 70.0 Å². The highest BCUT2D eigenvalue weighted by Crippen LogP contribution is 2.33. The number of H-pyrrole nitrogens is 1. The summed E-state index contributed by atoms with van der Waals surface area (Å²) in [5.74, 6) is 0.977. The van der Waals surface area contributed by atoms with Gasteiger partial charge < -0.3 is 19.2 Å². The lowest BCUT2D eigenvalue weighted by Crippen LogP contribution is -2.28. The van der Waals surface area contributed by atoms with Crippen molar-refractivity contribution in [2.45, 2.75) is 25.3 Å². The number of aromatic nitrogens is 14. The highest BCUT2D eigenvalue weighted by atomic mass is 32.2. The molecule has 0 radical (unpaired) electrons. The van der Waals surface area contributed by atoms with Crippen molar-refractivity contribution in [2.75, 3.05) is 12.4 Å². The van der Waals surface area contributed by atoms with Crippen molar-refractivity contribution in [3.63, 3.8) is 0 Å². The van der Waals surface area contributed by atoms with Crippen LogP contribution in [-0.2, 0) is 10.1 Å². The molecule has 0 bridgehead atoms. The summed E-state index contributed by atoms with van der Waals surface area (Å²) in [7, 11) is -4.18. The number of fused-ring (bicyclic) bond motifs is 4. The summed E-state index contributed by atoms with van der Waals surface area (Å²) in [6, 6.07) is 35.5. The molecule has 0 aromatic carbocycles. The number of methoxy groups -OCH3 is 1. The summed E-state index contributed by atoms with van der Waals surface area (Å²) in [5, 5.41) is 13.4. The number of rotatable bonds is 10. The summed E-state index contributed by atoms with van der Waals surface area (Å²) in [4.78, 5) is 60.3. The van der Waals surface area contributed by atoms with Gasteiger partial charge in [-0.2, -0.15) is 21.6 Å². The molecular formula is C59H44F3N15O5S2. The Morgan fingerprint density at radius 2 is 1.01 bits per heavy atom. The Morgan fingerprint density at radius 3 is 1.54 bits per heavy atom. The van der Waals surface area contributed by atoms with E-state index in [1.54, 1.807) is 92.3 Å². The minimum absolute atomic E-state index is 0.124. The molecule has 0 aliphatic carbocycles. The van der Waals surface area contributed by atoms with Crippen LogP contribution in [0.15, 0.2) is 200 Å². The Hall–Kier alpha value is -10.7. The van der Waals surface area contributed by atoms with Crippen LogP contribution in [0.5, 0.6) is 11.8 Å². The fourth-order valence-corrected chi connectivity index (χ4v) is 9.33. The molecule has 0 aliphatic heterocycles.